The average molecular weight is 429 g/mol. The van der Waals surface area contributed by atoms with Crippen LogP contribution in [0, 0.1) is 5.92 Å². The third kappa shape index (κ3) is 6.76. The van der Waals surface area contributed by atoms with E-state index in [0.717, 1.165) is 55.3 Å². The van der Waals surface area contributed by atoms with Crippen molar-refractivity contribution >= 4 is 41.0 Å². The number of guanidine groups is 1. The van der Waals surface area contributed by atoms with Gasteiger partial charge >= 0.3 is 0 Å². The van der Waals surface area contributed by atoms with E-state index in [9.17, 15) is 0 Å². The minimum atomic E-state index is 0. The van der Waals surface area contributed by atoms with Crippen LogP contribution in [0.15, 0.2) is 29.3 Å². The fourth-order valence-electron chi connectivity index (χ4n) is 2.20. The van der Waals surface area contributed by atoms with Crippen LogP contribution in [0.25, 0.3) is 11.0 Å². The molecule has 0 saturated heterocycles. The van der Waals surface area contributed by atoms with Crippen molar-refractivity contribution in [2.24, 2.45) is 10.9 Å². The molecular weight excluding hydrogens is 401 g/mol. The Bertz CT molecular complexity index is 573. The number of rotatable bonds is 7. The van der Waals surface area contributed by atoms with E-state index in [1.807, 2.05) is 18.2 Å². The molecule has 0 aliphatic heterocycles. The maximum Gasteiger partial charge on any atom is 0.191 e. The van der Waals surface area contributed by atoms with Gasteiger partial charge in [0.15, 0.2) is 5.96 Å². The van der Waals surface area contributed by atoms with Crippen molar-refractivity contribution in [1.29, 1.82) is 0 Å². The molecule has 0 unspecified atom stereocenters. The molecule has 0 radical (unpaired) electrons. The third-order valence-corrected chi connectivity index (χ3v) is 3.41. The summed E-state index contributed by atoms with van der Waals surface area (Å²) < 4.78 is 0. The number of halogens is 1. The molecular formula is C17H28IN5. The highest BCUT2D eigenvalue weighted by Crippen LogP contribution is 2.10. The normalized spacial score (nSPS) is 11.6. The first-order valence-electron chi connectivity index (χ1n) is 8.15. The van der Waals surface area contributed by atoms with Gasteiger partial charge in [0.1, 0.15) is 5.82 Å². The molecule has 0 spiro atoms. The van der Waals surface area contributed by atoms with Crippen molar-refractivity contribution < 1.29 is 0 Å². The average Bonchev–Trinajstić information content (AvgIpc) is 2.89. The molecule has 1 aromatic carbocycles. The Morgan fingerprint density at radius 1 is 1.26 bits per heavy atom. The van der Waals surface area contributed by atoms with Crippen LogP contribution < -0.4 is 10.6 Å². The molecule has 0 amide bonds. The summed E-state index contributed by atoms with van der Waals surface area (Å²) in [6, 6.07) is 8.11. The van der Waals surface area contributed by atoms with E-state index in [0.29, 0.717) is 5.92 Å². The summed E-state index contributed by atoms with van der Waals surface area (Å²) in [6.45, 7) is 9.07. The zero-order chi connectivity index (χ0) is 15.8. The topological polar surface area (TPSA) is 65.1 Å². The summed E-state index contributed by atoms with van der Waals surface area (Å²) in [4.78, 5) is 12.5. The summed E-state index contributed by atoms with van der Waals surface area (Å²) in [7, 11) is 0. The second-order valence-corrected chi connectivity index (χ2v) is 5.82. The van der Waals surface area contributed by atoms with Crippen LogP contribution in [0.1, 0.15) is 33.0 Å². The molecule has 23 heavy (non-hydrogen) atoms. The van der Waals surface area contributed by atoms with Crippen LogP contribution in [0.4, 0.5) is 0 Å². The van der Waals surface area contributed by atoms with E-state index in [1.54, 1.807) is 0 Å². The van der Waals surface area contributed by atoms with Crippen molar-refractivity contribution in [3.63, 3.8) is 0 Å². The molecule has 0 atom stereocenters. The number of benzene rings is 1. The van der Waals surface area contributed by atoms with E-state index in [-0.39, 0.29) is 24.0 Å². The van der Waals surface area contributed by atoms with Crippen molar-refractivity contribution in [2.75, 3.05) is 19.6 Å². The predicted octanol–water partition coefficient (Wildman–Crippen LogP) is 3.32. The van der Waals surface area contributed by atoms with Gasteiger partial charge in [0.2, 0.25) is 0 Å². The molecule has 0 aliphatic rings. The lowest BCUT2D eigenvalue weighted by molar-refractivity contribution is 0.594. The number of nitrogens with zero attached hydrogens (tertiary/aromatic N) is 2. The Labute approximate surface area is 155 Å². The number of hydrogen-bond acceptors (Lipinski definition) is 2. The first kappa shape index (κ1) is 19.7. The number of aliphatic imine (C=N–C) groups is 1. The summed E-state index contributed by atoms with van der Waals surface area (Å²) in [5, 5.41) is 6.64. The monoisotopic (exact) mass is 429 g/mol. The lowest BCUT2D eigenvalue weighted by Crippen LogP contribution is -2.38. The molecule has 1 aromatic heterocycles. The minimum absolute atomic E-state index is 0. The Hall–Kier alpha value is -1.31. The van der Waals surface area contributed by atoms with E-state index >= 15 is 0 Å². The van der Waals surface area contributed by atoms with Crippen LogP contribution in [-0.2, 0) is 6.42 Å². The molecule has 3 N–H and O–H groups in total. The number of aromatic nitrogens is 2. The van der Waals surface area contributed by atoms with Gasteiger partial charge in [0.25, 0.3) is 0 Å². The van der Waals surface area contributed by atoms with Crippen molar-refractivity contribution in [3.05, 3.63) is 30.1 Å². The van der Waals surface area contributed by atoms with Crippen LogP contribution in [0.2, 0.25) is 0 Å². The molecule has 128 valence electrons. The Morgan fingerprint density at radius 3 is 2.74 bits per heavy atom. The van der Waals surface area contributed by atoms with Crippen LogP contribution in [0.5, 0.6) is 0 Å². The van der Waals surface area contributed by atoms with E-state index in [4.69, 9.17) is 0 Å². The highest BCUT2D eigenvalue weighted by atomic mass is 127. The van der Waals surface area contributed by atoms with Gasteiger partial charge in [-0.25, -0.2) is 4.98 Å². The number of imidazole rings is 1. The number of H-pyrrole nitrogens is 1. The zero-order valence-electron chi connectivity index (χ0n) is 14.2. The first-order chi connectivity index (χ1) is 10.7. The highest BCUT2D eigenvalue weighted by Gasteiger charge is 2.03. The Balaban J connectivity index is 0.00000264. The smallest absolute Gasteiger partial charge is 0.191 e. The minimum Gasteiger partial charge on any atom is -0.357 e. The quantitative estimate of drug-likeness (QED) is 0.360. The largest absolute Gasteiger partial charge is 0.357 e. The van der Waals surface area contributed by atoms with Crippen molar-refractivity contribution in [1.82, 2.24) is 20.6 Å². The first-order valence-corrected chi connectivity index (χ1v) is 8.15. The summed E-state index contributed by atoms with van der Waals surface area (Å²) in [5.41, 5.74) is 2.12. The van der Waals surface area contributed by atoms with E-state index < -0.39 is 0 Å². The van der Waals surface area contributed by atoms with Gasteiger partial charge in [-0.1, -0.05) is 26.0 Å². The number of hydrogen-bond donors (Lipinski definition) is 3. The van der Waals surface area contributed by atoms with Gasteiger partial charge in [-0.2, -0.15) is 0 Å². The van der Waals surface area contributed by atoms with Gasteiger partial charge in [-0.05, 0) is 31.4 Å². The van der Waals surface area contributed by atoms with Crippen LogP contribution in [0.3, 0.4) is 0 Å². The molecule has 0 aliphatic carbocycles. The summed E-state index contributed by atoms with van der Waals surface area (Å²) >= 11 is 0. The maximum atomic E-state index is 4.59. The predicted molar refractivity (Wildman–Crippen MR) is 109 cm³/mol. The second-order valence-electron chi connectivity index (χ2n) is 5.82. The standard InChI is InChI=1S/C17H27N5.HI/c1-4-18-17(19-11-9-13(2)3)20-12-10-16-21-14-7-5-6-8-15(14)22-16;/h5-8,13H,4,9-12H2,1-3H3,(H,21,22)(H2,18,19,20);1H. The molecule has 1 heterocycles. The SMILES string of the molecule is CCNC(=NCCC(C)C)NCCc1nc2ccccc2[nH]1.I. The second kappa shape index (κ2) is 10.5. The van der Waals surface area contributed by atoms with Gasteiger partial charge in [0.05, 0.1) is 11.0 Å². The van der Waals surface area contributed by atoms with Crippen molar-refractivity contribution in [3.8, 4) is 0 Å². The number of fused-ring (bicyclic) bond motifs is 1. The number of para-hydroxylation sites is 2. The van der Waals surface area contributed by atoms with Gasteiger partial charge in [-0.3, -0.25) is 4.99 Å². The molecule has 0 saturated carbocycles. The molecule has 0 bridgehead atoms. The van der Waals surface area contributed by atoms with Gasteiger partial charge in [-0.15, -0.1) is 24.0 Å². The van der Waals surface area contributed by atoms with E-state index in [2.05, 4.69) is 52.4 Å². The Kier molecular flexibility index (Phi) is 8.98. The lowest BCUT2D eigenvalue weighted by atomic mass is 10.1. The fourth-order valence-corrected chi connectivity index (χ4v) is 2.20. The third-order valence-electron chi connectivity index (χ3n) is 3.41. The number of aromatic amines is 1. The van der Waals surface area contributed by atoms with Crippen molar-refractivity contribution in [2.45, 2.75) is 33.6 Å². The Morgan fingerprint density at radius 2 is 2.04 bits per heavy atom. The molecule has 5 nitrogen and oxygen atoms in total. The van der Waals surface area contributed by atoms with Gasteiger partial charge in [0, 0.05) is 26.1 Å². The fraction of sp³-hybridized carbons (Fsp3) is 0.529. The van der Waals surface area contributed by atoms with Crippen LogP contribution in [-0.4, -0.2) is 35.6 Å². The number of nitrogens with one attached hydrogen (secondary N) is 3. The molecule has 6 heteroatoms. The highest BCUT2D eigenvalue weighted by molar-refractivity contribution is 14.0. The molecule has 2 rings (SSSR count). The molecule has 2 aromatic rings. The summed E-state index contributed by atoms with van der Waals surface area (Å²) in [6.07, 6.45) is 1.96. The van der Waals surface area contributed by atoms with Crippen LogP contribution >= 0.6 is 24.0 Å². The maximum absolute atomic E-state index is 4.59. The lowest BCUT2D eigenvalue weighted by Gasteiger charge is -2.11. The zero-order valence-corrected chi connectivity index (χ0v) is 16.6. The van der Waals surface area contributed by atoms with E-state index in [1.165, 1.54) is 0 Å². The summed E-state index contributed by atoms with van der Waals surface area (Å²) in [5.74, 6) is 2.58. The van der Waals surface area contributed by atoms with Gasteiger partial charge < -0.3 is 15.6 Å². The molecule has 0 fully saturated rings.